The van der Waals surface area contributed by atoms with Gasteiger partial charge in [-0.2, -0.15) is 0 Å². The molecule has 0 atom stereocenters. The molecule has 0 spiro atoms. The van der Waals surface area contributed by atoms with E-state index in [2.05, 4.69) is 12.2 Å². The van der Waals surface area contributed by atoms with Gasteiger partial charge in [0.15, 0.2) is 0 Å². The van der Waals surface area contributed by atoms with Gasteiger partial charge in [0.2, 0.25) is 15.9 Å². The van der Waals surface area contributed by atoms with Gasteiger partial charge in [0.25, 0.3) is 11.5 Å². The van der Waals surface area contributed by atoms with Crippen molar-refractivity contribution in [3.05, 3.63) is 28.2 Å². The first-order valence-corrected chi connectivity index (χ1v) is 12.2. The molecule has 3 heterocycles. The van der Waals surface area contributed by atoms with E-state index < -0.39 is 10.0 Å². The fourth-order valence-corrected chi connectivity index (χ4v) is 4.87. The number of carbonyl (C=O) groups excluding carboxylic acids is 2. The average Bonchev–Trinajstić information content (AvgIpc) is 2.70. The molecular weight excluding hydrogens is 408 g/mol. The molecule has 2 aliphatic heterocycles. The zero-order chi connectivity index (χ0) is 22.1. The average molecular weight is 439 g/mol. The Morgan fingerprint density at radius 3 is 2.23 bits per heavy atom. The zero-order valence-corrected chi connectivity index (χ0v) is 18.6. The number of sulfonamides is 1. The van der Waals surface area contributed by atoms with Crippen molar-refractivity contribution in [3.8, 4) is 0 Å². The first-order chi connectivity index (χ1) is 14.1. The van der Waals surface area contributed by atoms with Gasteiger partial charge in [-0.3, -0.25) is 14.4 Å². The molecule has 166 valence electrons. The van der Waals surface area contributed by atoms with Crippen LogP contribution >= 0.6 is 0 Å². The third-order valence-corrected chi connectivity index (χ3v) is 7.36. The lowest BCUT2D eigenvalue weighted by atomic mass is 9.97. The van der Waals surface area contributed by atoms with E-state index in [1.807, 2.05) is 0 Å². The summed E-state index contributed by atoms with van der Waals surface area (Å²) in [7, 11) is -1.72. The smallest absolute Gasteiger partial charge is 0.274 e. The highest BCUT2D eigenvalue weighted by molar-refractivity contribution is 7.88. The number of piperidine rings is 2. The third kappa shape index (κ3) is 5.10. The van der Waals surface area contributed by atoms with Gasteiger partial charge in [-0.05, 0) is 37.7 Å². The van der Waals surface area contributed by atoms with E-state index in [-0.39, 0.29) is 42.1 Å². The summed E-state index contributed by atoms with van der Waals surface area (Å²) in [5.74, 6) is -0.250. The van der Waals surface area contributed by atoms with Gasteiger partial charge in [-0.15, -0.1) is 0 Å². The number of amides is 2. The molecule has 0 aliphatic carbocycles. The molecule has 0 radical (unpaired) electrons. The topological polar surface area (TPSA) is 109 Å². The number of anilines is 1. The van der Waals surface area contributed by atoms with Crippen molar-refractivity contribution in [1.82, 2.24) is 13.8 Å². The van der Waals surface area contributed by atoms with Crippen molar-refractivity contribution < 1.29 is 18.0 Å². The van der Waals surface area contributed by atoms with Gasteiger partial charge >= 0.3 is 0 Å². The van der Waals surface area contributed by atoms with E-state index in [4.69, 9.17) is 0 Å². The summed E-state index contributed by atoms with van der Waals surface area (Å²) in [5.41, 5.74) is 0.0545. The Balaban J connectivity index is 1.71. The molecule has 0 bridgehead atoms. The van der Waals surface area contributed by atoms with Crippen LogP contribution in [-0.4, -0.2) is 66.4 Å². The highest BCUT2D eigenvalue weighted by Crippen LogP contribution is 2.22. The molecule has 0 unspecified atom stereocenters. The van der Waals surface area contributed by atoms with E-state index in [0.717, 1.165) is 19.1 Å². The lowest BCUT2D eigenvalue weighted by Gasteiger charge is -2.30. The molecule has 3 rings (SSSR count). The number of aryl methyl sites for hydroxylation is 1. The zero-order valence-electron chi connectivity index (χ0n) is 17.8. The molecule has 2 aliphatic rings. The van der Waals surface area contributed by atoms with Gasteiger partial charge in [-0.25, -0.2) is 12.7 Å². The van der Waals surface area contributed by atoms with Crippen LogP contribution in [0.15, 0.2) is 17.1 Å². The molecule has 9 nitrogen and oxygen atoms in total. The lowest BCUT2D eigenvalue weighted by molar-refractivity contribution is -0.120. The van der Waals surface area contributed by atoms with E-state index in [1.165, 1.54) is 21.1 Å². The molecule has 2 amide bonds. The molecule has 1 N–H and O–H groups in total. The van der Waals surface area contributed by atoms with Crippen LogP contribution in [0.3, 0.4) is 0 Å². The van der Waals surface area contributed by atoms with E-state index >= 15 is 0 Å². The summed E-state index contributed by atoms with van der Waals surface area (Å²) in [6.45, 7) is 4.09. The second-order valence-corrected chi connectivity index (χ2v) is 10.4. The third-order valence-electron chi connectivity index (χ3n) is 6.05. The van der Waals surface area contributed by atoms with E-state index in [0.29, 0.717) is 37.4 Å². The summed E-state index contributed by atoms with van der Waals surface area (Å²) in [5, 5.41) is 2.67. The number of pyridine rings is 1. The molecular formula is C20H30N4O5S. The van der Waals surface area contributed by atoms with Gasteiger partial charge in [0.05, 0.1) is 11.8 Å². The van der Waals surface area contributed by atoms with Crippen LogP contribution in [0.4, 0.5) is 5.69 Å². The number of carbonyl (C=O) groups is 2. The van der Waals surface area contributed by atoms with Crippen LogP contribution in [0.1, 0.15) is 43.0 Å². The van der Waals surface area contributed by atoms with Gasteiger partial charge in [-0.1, -0.05) is 6.92 Å². The van der Waals surface area contributed by atoms with Gasteiger partial charge in [0, 0.05) is 45.3 Å². The summed E-state index contributed by atoms with van der Waals surface area (Å²) in [6, 6.07) is 1.45. The molecule has 0 aromatic carbocycles. The maximum atomic E-state index is 12.9. The minimum atomic E-state index is -3.27. The fraction of sp³-hybridized carbons (Fsp3) is 0.650. The first-order valence-electron chi connectivity index (χ1n) is 10.3. The Kier molecular flexibility index (Phi) is 6.66. The lowest BCUT2D eigenvalue weighted by Crippen LogP contribution is -2.41. The van der Waals surface area contributed by atoms with Crippen LogP contribution in [0.2, 0.25) is 0 Å². The quantitative estimate of drug-likeness (QED) is 0.750. The van der Waals surface area contributed by atoms with Crippen LogP contribution in [0.5, 0.6) is 0 Å². The number of hydrogen-bond acceptors (Lipinski definition) is 5. The first kappa shape index (κ1) is 22.5. The normalized spacial score (nSPS) is 19.6. The summed E-state index contributed by atoms with van der Waals surface area (Å²) < 4.78 is 25.9. The van der Waals surface area contributed by atoms with Crippen LogP contribution in [-0.2, 0) is 21.9 Å². The maximum Gasteiger partial charge on any atom is 0.274 e. The molecule has 10 heteroatoms. The second-order valence-electron chi connectivity index (χ2n) is 8.46. The standard InChI is InChI=1S/C20H30N4O5S/c1-14-4-8-23(9-5-14)19(26)16-12-17(20(27)22(2)13-16)21-18(25)15-6-10-24(11-7-15)30(3,28)29/h12-15H,4-11H2,1-3H3,(H,21,25). The fourth-order valence-electron chi connectivity index (χ4n) is 4.00. The second kappa shape index (κ2) is 8.89. The summed E-state index contributed by atoms with van der Waals surface area (Å²) in [6.07, 6.45) is 5.35. The Labute approximate surface area is 177 Å². The van der Waals surface area contributed by atoms with Crippen molar-refractivity contribution in [1.29, 1.82) is 0 Å². The molecule has 30 heavy (non-hydrogen) atoms. The predicted octanol–water partition coefficient (Wildman–Crippen LogP) is 0.868. The van der Waals surface area contributed by atoms with Gasteiger partial charge in [0.1, 0.15) is 5.69 Å². The molecule has 2 saturated heterocycles. The predicted molar refractivity (Wildman–Crippen MR) is 114 cm³/mol. The van der Waals surface area contributed by atoms with Crippen molar-refractivity contribution >= 4 is 27.5 Å². The van der Waals surface area contributed by atoms with Crippen LogP contribution < -0.4 is 10.9 Å². The number of likely N-dealkylation sites (tertiary alicyclic amines) is 1. The van der Waals surface area contributed by atoms with Crippen LogP contribution in [0.25, 0.3) is 0 Å². The maximum absolute atomic E-state index is 12.9. The van der Waals surface area contributed by atoms with Crippen molar-refractivity contribution in [2.24, 2.45) is 18.9 Å². The number of hydrogen-bond donors (Lipinski definition) is 1. The Morgan fingerprint density at radius 1 is 1.07 bits per heavy atom. The molecule has 2 fully saturated rings. The SMILES string of the molecule is CC1CCN(C(=O)c2cc(NC(=O)C3CCN(S(C)(=O)=O)CC3)c(=O)n(C)c2)CC1. The van der Waals surface area contributed by atoms with Crippen molar-refractivity contribution in [3.63, 3.8) is 0 Å². The molecule has 1 aromatic rings. The highest BCUT2D eigenvalue weighted by atomic mass is 32.2. The molecule has 1 aromatic heterocycles. The van der Waals surface area contributed by atoms with Crippen molar-refractivity contribution in [2.45, 2.75) is 32.6 Å². The number of rotatable bonds is 4. The summed E-state index contributed by atoms with van der Waals surface area (Å²) >= 11 is 0. The Morgan fingerprint density at radius 2 is 1.67 bits per heavy atom. The summed E-state index contributed by atoms with van der Waals surface area (Å²) in [4.78, 5) is 39.8. The highest BCUT2D eigenvalue weighted by Gasteiger charge is 2.30. The Bertz CT molecular complexity index is 971. The number of nitrogens with zero attached hydrogens (tertiary/aromatic N) is 3. The van der Waals surface area contributed by atoms with Crippen molar-refractivity contribution in [2.75, 3.05) is 37.8 Å². The molecule has 0 saturated carbocycles. The minimum Gasteiger partial charge on any atom is -0.339 e. The monoisotopic (exact) mass is 438 g/mol. The number of aromatic nitrogens is 1. The largest absolute Gasteiger partial charge is 0.339 e. The van der Waals surface area contributed by atoms with Crippen LogP contribution in [0, 0.1) is 11.8 Å². The van der Waals surface area contributed by atoms with E-state index in [1.54, 1.807) is 11.9 Å². The van der Waals surface area contributed by atoms with Gasteiger partial charge < -0.3 is 14.8 Å². The Hall–Kier alpha value is -2.20. The minimum absolute atomic E-state index is 0.0734. The number of nitrogens with one attached hydrogen (secondary N) is 1. The van der Waals surface area contributed by atoms with E-state index in [9.17, 15) is 22.8 Å².